The first kappa shape index (κ1) is 18.9. The smallest absolute Gasteiger partial charge is 0.0900 e. The van der Waals surface area contributed by atoms with Crippen molar-refractivity contribution in [1.29, 1.82) is 0 Å². The SMILES string of the molecule is OC(COCC12CC3CC(CC(C3)C1)C2)CN1CCN(c2ccccc2)CC1. The van der Waals surface area contributed by atoms with Gasteiger partial charge in [-0.25, -0.2) is 0 Å². The van der Waals surface area contributed by atoms with Crippen molar-refractivity contribution in [2.75, 3.05) is 50.8 Å². The molecule has 1 aliphatic heterocycles. The minimum Gasteiger partial charge on any atom is -0.389 e. The van der Waals surface area contributed by atoms with Crippen molar-refractivity contribution in [1.82, 2.24) is 4.90 Å². The normalized spacial score (nSPS) is 36.0. The van der Waals surface area contributed by atoms with Crippen LogP contribution in [0.2, 0.25) is 0 Å². The zero-order valence-electron chi connectivity index (χ0n) is 17.1. The van der Waals surface area contributed by atoms with Crippen LogP contribution >= 0.6 is 0 Å². The van der Waals surface area contributed by atoms with Gasteiger partial charge in [-0.3, -0.25) is 4.90 Å². The molecule has 28 heavy (non-hydrogen) atoms. The number of benzene rings is 1. The minimum atomic E-state index is -0.364. The van der Waals surface area contributed by atoms with Gasteiger partial charge >= 0.3 is 0 Å². The molecule has 154 valence electrons. The number of aliphatic hydroxyl groups is 1. The van der Waals surface area contributed by atoms with E-state index in [0.29, 0.717) is 12.0 Å². The molecule has 1 aromatic rings. The summed E-state index contributed by atoms with van der Waals surface area (Å²) in [5.41, 5.74) is 1.76. The summed E-state index contributed by atoms with van der Waals surface area (Å²) in [5.74, 6) is 2.92. The highest BCUT2D eigenvalue weighted by molar-refractivity contribution is 5.46. The monoisotopic (exact) mass is 384 g/mol. The average Bonchev–Trinajstić information content (AvgIpc) is 2.68. The minimum absolute atomic E-state index is 0.364. The van der Waals surface area contributed by atoms with Crippen molar-refractivity contribution in [2.45, 2.75) is 44.6 Å². The molecular formula is C24H36N2O2. The molecule has 6 rings (SSSR count). The van der Waals surface area contributed by atoms with E-state index in [2.05, 4.69) is 40.1 Å². The van der Waals surface area contributed by atoms with E-state index in [4.69, 9.17) is 4.74 Å². The lowest BCUT2D eigenvalue weighted by molar-refractivity contribution is -0.107. The second kappa shape index (κ2) is 7.97. The number of nitrogens with zero attached hydrogens (tertiary/aromatic N) is 2. The van der Waals surface area contributed by atoms with Gasteiger partial charge in [0.25, 0.3) is 0 Å². The molecule has 0 radical (unpaired) electrons. The maximum Gasteiger partial charge on any atom is 0.0900 e. The maximum atomic E-state index is 10.5. The summed E-state index contributed by atoms with van der Waals surface area (Å²) in [4.78, 5) is 4.82. The lowest BCUT2D eigenvalue weighted by Crippen LogP contribution is -2.50. The second-order valence-corrected chi connectivity index (χ2v) is 10.2. The number of hydrogen-bond acceptors (Lipinski definition) is 4. The van der Waals surface area contributed by atoms with Crippen LogP contribution < -0.4 is 4.90 Å². The Morgan fingerprint density at radius 1 is 0.929 bits per heavy atom. The molecule has 1 saturated heterocycles. The summed E-state index contributed by atoms with van der Waals surface area (Å²) >= 11 is 0. The van der Waals surface area contributed by atoms with Gasteiger partial charge in [-0.05, 0) is 73.8 Å². The number of anilines is 1. The highest BCUT2D eigenvalue weighted by Gasteiger charge is 2.50. The highest BCUT2D eigenvalue weighted by Crippen LogP contribution is 2.60. The molecule has 4 nitrogen and oxygen atoms in total. The van der Waals surface area contributed by atoms with Crippen LogP contribution in [0.4, 0.5) is 5.69 Å². The Kier molecular flexibility index (Phi) is 5.38. The van der Waals surface area contributed by atoms with Gasteiger partial charge in [-0.1, -0.05) is 18.2 Å². The van der Waals surface area contributed by atoms with E-state index in [1.165, 1.54) is 44.2 Å². The Hall–Kier alpha value is -1.10. The largest absolute Gasteiger partial charge is 0.389 e. The summed E-state index contributed by atoms with van der Waals surface area (Å²) in [5, 5.41) is 10.5. The van der Waals surface area contributed by atoms with Crippen LogP contribution in [0.5, 0.6) is 0 Å². The van der Waals surface area contributed by atoms with Crippen LogP contribution in [0.25, 0.3) is 0 Å². The quantitative estimate of drug-likeness (QED) is 0.782. The Balaban J connectivity index is 1.03. The van der Waals surface area contributed by atoms with E-state index in [1.807, 2.05) is 0 Å². The molecule has 1 unspecified atom stereocenters. The fourth-order valence-corrected chi connectivity index (χ4v) is 7.06. The Morgan fingerprint density at radius 3 is 2.14 bits per heavy atom. The molecule has 0 spiro atoms. The van der Waals surface area contributed by atoms with E-state index >= 15 is 0 Å². The van der Waals surface area contributed by atoms with E-state index in [9.17, 15) is 5.11 Å². The van der Waals surface area contributed by atoms with E-state index < -0.39 is 0 Å². The van der Waals surface area contributed by atoms with Gasteiger partial charge in [0.15, 0.2) is 0 Å². The van der Waals surface area contributed by atoms with Crippen LogP contribution in [0.1, 0.15) is 38.5 Å². The molecule has 4 heteroatoms. The van der Waals surface area contributed by atoms with Crippen LogP contribution in [0, 0.1) is 23.2 Å². The molecule has 0 aromatic heterocycles. The Labute approximate surface area is 169 Å². The number of aliphatic hydroxyl groups excluding tert-OH is 1. The third-order valence-electron chi connectivity index (χ3n) is 7.85. The van der Waals surface area contributed by atoms with Gasteiger partial charge in [0.2, 0.25) is 0 Å². The molecule has 1 atom stereocenters. The molecule has 5 aliphatic rings. The predicted molar refractivity (Wildman–Crippen MR) is 113 cm³/mol. The Morgan fingerprint density at radius 2 is 1.54 bits per heavy atom. The fraction of sp³-hybridized carbons (Fsp3) is 0.750. The summed E-state index contributed by atoms with van der Waals surface area (Å²) in [6.45, 7) is 6.22. The molecule has 1 heterocycles. The summed E-state index contributed by atoms with van der Waals surface area (Å²) in [6, 6.07) is 10.6. The lowest BCUT2D eigenvalue weighted by atomic mass is 9.50. The van der Waals surface area contributed by atoms with Gasteiger partial charge in [-0.2, -0.15) is 0 Å². The zero-order chi connectivity index (χ0) is 19.0. The zero-order valence-corrected chi connectivity index (χ0v) is 17.1. The molecular weight excluding hydrogens is 348 g/mol. The number of β-amino-alcohol motifs (C(OH)–C–C–N with tert-alkyl or cyclic N) is 1. The molecule has 4 bridgehead atoms. The number of piperazine rings is 1. The van der Waals surface area contributed by atoms with Gasteiger partial charge in [0.05, 0.1) is 19.3 Å². The van der Waals surface area contributed by atoms with Crippen LogP contribution in [-0.4, -0.2) is 62.0 Å². The van der Waals surface area contributed by atoms with Crippen molar-refractivity contribution in [3.05, 3.63) is 30.3 Å². The second-order valence-electron chi connectivity index (χ2n) is 10.2. The molecule has 0 amide bonds. The summed E-state index contributed by atoms with van der Waals surface area (Å²) < 4.78 is 6.13. The third kappa shape index (κ3) is 4.10. The maximum absolute atomic E-state index is 10.5. The van der Waals surface area contributed by atoms with Crippen molar-refractivity contribution >= 4 is 5.69 Å². The van der Waals surface area contributed by atoms with Crippen LogP contribution in [0.3, 0.4) is 0 Å². The molecule has 4 aliphatic carbocycles. The number of para-hydroxylation sites is 1. The number of rotatable bonds is 7. The first-order valence-corrected chi connectivity index (χ1v) is 11.5. The number of hydrogen-bond donors (Lipinski definition) is 1. The van der Waals surface area contributed by atoms with Crippen LogP contribution in [0.15, 0.2) is 30.3 Å². The van der Waals surface area contributed by atoms with Crippen LogP contribution in [-0.2, 0) is 4.74 Å². The lowest BCUT2D eigenvalue weighted by Gasteiger charge is -2.56. The van der Waals surface area contributed by atoms with Gasteiger partial charge in [0.1, 0.15) is 0 Å². The molecule has 5 fully saturated rings. The van der Waals surface area contributed by atoms with Crippen molar-refractivity contribution in [2.24, 2.45) is 23.2 Å². The van der Waals surface area contributed by atoms with E-state index in [0.717, 1.165) is 57.1 Å². The fourth-order valence-electron chi connectivity index (χ4n) is 7.06. The first-order valence-electron chi connectivity index (χ1n) is 11.5. The Bertz CT molecular complexity index is 606. The van der Waals surface area contributed by atoms with Crippen molar-refractivity contribution in [3.63, 3.8) is 0 Å². The standard InChI is InChI=1S/C24H36N2O2/c27-23(16-25-6-8-26(9-7-25)22-4-2-1-3-5-22)17-28-18-24-13-19-10-20(14-24)12-21(11-19)15-24/h1-5,19-21,23,27H,6-18H2. The number of ether oxygens (including phenoxy) is 1. The van der Waals surface area contributed by atoms with Gasteiger partial charge < -0.3 is 14.7 Å². The van der Waals surface area contributed by atoms with E-state index in [1.54, 1.807) is 0 Å². The van der Waals surface area contributed by atoms with Crippen molar-refractivity contribution in [3.8, 4) is 0 Å². The first-order chi connectivity index (χ1) is 13.7. The average molecular weight is 385 g/mol. The van der Waals surface area contributed by atoms with Gasteiger partial charge in [0, 0.05) is 38.4 Å². The highest BCUT2D eigenvalue weighted by atomic mass is 16.5. The summed E-state index contributed by atoms with van der Waals surface area (Å²) in [6.07, 6.45) is 8.24. The third-order valence-corrected chi connectivity index (χ3v) is 7.85. The molecule has 1 N–H and O–H groups in total. The molecule has 1 aromatic carbocycles. The van der Waals surface area contributed by atoms with Crippen molar-refractivity contribution < 1.29 is 9.84 Å². The molecule has 4 saturated carbocycles. The predicted octanol–water partition coefficient (Wildman–Crippen LogP) is 3.40. The van der Waals surface area contributed by atoms with Gasteiger partial charge in [-0.15, -0.1) is 0 Å². The van der Waals surface area contributed by atoms with E-state index in [-0.39, 0.29) is 6.10 Å². The topological polar surface area (TPSA) is 35.9 Å². The summed E-state index contributed by atoms with van der Waals surface area (Å²) in [7, 11) is 0.